The van der Waals surface area contributed by atoms with Crippen molar-refractivity contribution in [3.05, 3.63) is 307 Å². The molecule has 0 saturated heterocycles. The molecule has 8 aromatic rings. The molecule has 6 heterocycles. The predicted molar refractivity (Wildman–Crippen MR) is 435 cm³/mol. The fourth-order valence-electron chi connectivity index (χ4n) is 12.4. The van der Waals surface area contributed by atoms with E-state index in [1.165, 1.54) is 110 Å². The summed E-state index contributed by atoms with van der Waals surface area (Å²) in [5.74, 6) is -6.31. The molecule has 109 heavy (non-hydrogen) atoms. The molecule has 6 aliphatic carbocycles. The molecule has 24 heteroatoms. The van der Waals surface area contributed by atoms with Crippen LogP contribution in [0.3, 0.4) is 0 Å². The second kappa shape index (κ2) is 47.9. The number of unbranched alkanes of at least 4 members (excludes halogenated alkanes) is 3. The van der Waals surface area contributed by atoms with E-state index < -0.39 is 46.5 Å². The van der Waals surface area contributed by atoms with E-state index in [0.29, 0.717) is 42.1 Å². The van der Waals surface area contributed by atoms with Crippen LogP contribution in [0.15, 0.2) is 205 Å². The molecule has 0 bridgehead atoms. The van der Waals surface area contributed by atoms with Crippen LogP contribution in [-0.2, 0) is 80.7 Å². The molecule has 1 atom stereocenters. The molecule has 1 radical (unpaired) electrons. The topological polar surface area (TPSA) is 218 Å². The normalized spacial score (nSPS) is 13.7. The van der Waals surface area contributed by atoms with Crippen molar-refractivity contribution in [1.29, 1.82) is 0 Å². The zero-order valence-electron chi connectivity index (χ0n) is 60.4. The number of alkyl halides is 3. The third-order valence-electron chi connectivity index (χ3n) is 17.8. The van der Waals surface area contributed by atoms with Crippen molar-refractivity contribution in [3.63, 3.8) is 0 Å². The standard InChI is InChI=1S/C26H24F2N2O2.C14H10F2O3.C12H16N2.C11H10BrNO.C11H12BrN.C8H7N.C3H4BrClO.Al.Ni.2H/c27-22-12-10-18(16-23(22)28)17-30-15-5-8-21(26(30)32)25(31)9-3-1-2-6-19-11-13-24-20(19)7-4-14-29-24;15-11-5-4-8(7-12(11)16)6-9-2-1-3-10(13(9)17)14(18)19;13-8-2-1-4-10-6-7-12-11(10)5-3-9-14-12;12-6-5-11(14)9-3-4-10-8(9)2-1-7-13-10;12-7-1-3-9-5-6-11-10(9)4-2-8-13-11;1-3-7-4-2-6-9-8(7)5-1;4-2-1-3(5)6;;;;/h4-5,7-8,10-12,14-16H,1-3,6,9,13,17H2;1-5,7,9H,6H2,(H,18,19);3,5-6,9H,1-2,4,7-8,13H2;1-3,7H,4-6H2;2,4-5,8H,1,3,6-7H2;1-4,6H,5H2;1-2H2;;;;. The molecule has 3 N–H and O–H groups in total. The molecule has 6 aromatic heterocycles. The maximum Gasteiger partial charge on any atom is 0.339 e. The van der Waals surface area contributed by atoms with Gasteiger partial charge in [0.05, 0.1) is 40.6 Å². The molecule has 0 aliphatic heterocycles. The molecule has 14 rings (SSSR count). The number of aromatic nitrogens is 6. The first-order chi connectivity index (χ1) is 51.9. The molecular weight excluding hydrogens is 1670 g/mol. The number of fused-ring (bicyclic) bond motifs is 5. The van der Waals surface area contributed by atoms with E-state index in [-0.39, 0.29) is 74.8 Å². The second-order valence-corrected chi connectivity index (χ2v) is 28.0. The van der Waals surface area contributed by atoms with Crippen molar-refractivity contribution < 1.29 is 63.1 Å². The summed E-state index contributed by atoms with van der Waals surface area (Å²) in [5, 5.41) is 11.0. The molecule has 0 saturated carbocycles. The Morgan fingerprint density at radius 1 is 0.532 bits per heavy atom. The molecular formula is C85H85AlBr3ClF4N7NiO7. The number of rotatable bonds is 24. The maximum absolute atomic E-state index is 13.4. The van der Waals surface area contributed by atoms with Crippen LogP contribution in [0.25, 0.3) is 28.4 Å². The number of nitrogens with zero attached hydrogens (tertiary/aromatic N) is 6. The summed E-state index contributed by atoms with van der Waals surface area (Å²) in [4.78, 5) is 91.0. The second-order valence-electron chi connectivity index (χ2n) is 25.2. The zero-order chi connectivity index (χ0) is 76.5. The number of Topliss-reactive ketones (excluding diaryl/α,β-unsaturated/α-hetero) is 3. The van der Waals surface area contributed by atoms with Crippen LogP contribution in [0, 0.1) is 29.2 Å². The van der Waals surface area contributed by atoms with Gasteiger partial charge in [-0.2, -0.15) is 0 Å². The van der Waals surface area contributed by atoms with Crippen molar-refractivity contribution >= 4 is 134 Å². The minimum absolute atomic E-state index is 0. The molecule has 571 valence electrons. The minimum Gasteiger partial charge on any atom is -0.478 e. The first kappa shape index (κ1) is 89.8. The Bertz CT molecular complexity index is 4740. The van der Waals surface area contributed by atoms with E-state index in [0.717, 1.165) is 128 Å². The summed E-state index contributed by atoms with van der Waals surface area (Å²) in [6.07, 6.45) is 43.5. The van der Waals surface area contributed by atoms with Gasteiger partial charge in [-0.3, -0.25) is 48.9 Å². The number of aliphatic carboxylic acids is 1. The van der Waals surface area contributed by atoms with Gasteiger partial charge in [-0.05, 0) is 199 Å². The first-order valence-electron chi connectivity index (χ1n) is 35.4. The van der Waals surface area contributed by atoms with E-state index in [1.54, 1.807) is 24.5 Å². The van der Waals surface area contributed by atoms with Gasteiger partial charge in [0, 0.05) is 138 Å². The van der Waals surface area contributed by atoms with Gasteiger partial charge in [-0.15, -0.1) is 0 Å². The number of pyridine rings is 6. The molecule has 6 aliphatic rings. The number of carboxylic acid groups (broad SMARTS) is 1. The number of hydrogen-bond acceptors (Lipinski definition) is 12. The van der Waals surface area contributed by atoms with Crippen molar-refractivity contribution in [2.75, 3.05) is 22.5 Å². The molecule has 14 nitrogen and oxygen atoms in total. The van der Waals surface area contributed by atoms with Gasteiger partial charge in [0.15, 0.2) is 40.6 Å². The van der Waals surface area contributed by atoms with Crippen molar-refractivity contribution in [2.45, 2.75) is 122 Å². The van der Waals surface area contributed by atoms with E-state index in [1.807, 2.05) is 67.3 Å². The van der Waals surface area contributed by atoms with Gasteiger partial charge >= 0.3 is 5.97 Å². The fraction of sp³-hybridized carbons (Fsp3) is 0.282. The number of ketones is 3. The van der Waals surface area contributed by atoms with E-state index in [4.69, 9.17) is 22.4 Å². The van der Waals surface area contributed by atoms with Gasteiger partial charge in [-0.25, -0.2) is 22.4 Å². The van der Waals surface area contributed by atoms with E-state index in [9.17, 15) is 46.3 Å². The summed E-state index contributed by atoms with van der Waals surface area (Å²) in [6.45, 7) is 0.871. The Morgan fingerprint density at radius 2 is 1.04 bits per heavy atom. The van der Waals surface area contributed by atoms with Crippen LogP contribution in [0.5, 0.6) is 0 Å². The minimum atomic E-state index is -1.29. The Hall–Kier alpha value is -8.09. The average molecular weight is 1750 g/mol. The van der Waals surface area contributed by atoms with Crippen molar-refractivity contribution in [3.8, 4) is 0 Å². The predicted octanol–water partition coefficient (Wildman–Crippen LogP) is 17.6. The number of carboxylic acids is 1. The number of carbonyl (C=O) groups excluding carboxylic acids is 4. The Morgan fingerprint density at radius 3 is 1.55 bits per heavy atom. The van der Waals surface area contributed by atoms with Crippen molar-refractivity contribution in [1.82, 2.24) is 29.5 Å². The van der Waals surface area contributed by atoms with Crippen LogP contribution in [0.2, 0.25) is 0 Å². The van der Waals surface area contributed by atoms with Crippen LogP contribution < -0.4 is 11.3 Å². The summed E-state index contributed by atoms with van der Waals surface area (Å²) >= 11 is 14.7. The molecule has 0 fully saturated rings. The molecule has 0 amide bonds. The van der Waals surface area contributed by atoms with Crippen molar-refractivity contribution in [2.24, 2.45) is 11.7 Å². The number of benzene rings is 2. The Kier molecular flexibility index (Phi) is 39.4. The van der Waals surface area contributed by atoms with E-state index in [2.05, 4.69) is 127 Å². The zero-order valence-corrected chi connectivity index (χ0v) is 68.9. The third-order valence-corrected chi connectivity index (χ3v) is 19.4. The van der Waals surface area contributed by atoms with Crippen LogP contribution in [-0.4, -0.2) is 103 Å². The summed E-state index contributed by atoms with van der Waals surface area (Å²) in [6, 6.07) is 30.4. The number of nitrogens with two attached hydrogens (primary N) is 1. The number of carbonyl (C=O) groups is 5. The smallest absolute Gasteiger partial charge is 0.339 e. The Labute approximate surface area is 684 Å². The SMILES string of the molecule is BrCCCC1=CCc2ncccc21.C1=Cc2cccnc2C1.NCCCCC1=CCc2ncccc21.O=C(CCBr)C1=CCc2ncccc21.O=C(CCCCCC1=CCc2ncccc21)c1cccn(Cc2ccc(F)c(F)c2)c1=O.O=C(Cl)CCBr.O=C(O)C1=CC=CC(Cc2ccc(F)c(F)c2)C1=O.[AlH2].[Ni]. The summed E-state index contributed by atoms with van der Waals surface area (Å²) in [5.41, 5.74) is 22.9. The van der Waals surface area contributed by atoms with Crippen LogP contribution in [0.1, 0.15) is 155 Å². The number of allylic oxidation sites excluding steroid dienone is 12. The molecule has 2 aromatic carbocycles. The Balaban J connectivity index is 0.000000210. The fourth-order valence-corrected chi connectivity index (χ4v) is 13.7. The summed E-state index contributed by atoms with van der Waals surface area (Å²) in [7, 11) is 0. The van der Waals surface area contributed by atoms with Crippen LogP contribution in [0.4, 0.5) is 17.6 Å². The third kappa shape index (κ3) is 27.7. The largest absolute Gasteiger partial charge is 0.478 e. The monoisotopic (exact) mass is 1750 g/mol. The molecule has 1 unspecified atom stereocenters. The van der Waals surface area contributed by atoms with Gasteiger partial charge in [0.1, 0.15) is 22.9 Å². The van der Waals surface area contributed by atoms with Gasteiger partial charge < -0.3 is 15.4 Å². The quantitative estimate of drug-likeness (QED) is 0.0110. The van der Waals surface area contributed by atoms with Gasteiger partial charge in [0.2, 0.25) is 5.24 Å². The molecule has 0 spiro atoms. The number of halogens is 8. The average Bonchev–Trinajstić information content (AvgIpc) is 1.81. The van der Waals surface area contributed by atoms with Gasteiger partial charge in [-0.1, -0.05) is 145 Å². The first-order valence-corrected chi connectivity index (χ1v) is 39.2. The summed E-state index contributed by atoms with van der Waals surface area (Å²) < 4.78 is 53.7. The number of hydrogen-bond donors (Lipinski definition) is 2. The van der Waals surface area contributed by atoms with Crippen LogP contribution >= 0.6 is 59.4 Å². The maximum atomic E-state index is 13.4. The van der Waals surface area contributed by atoms with E-state index >= 15 is 0 Å². The van der Waals surface area contributed by atoms with Gasteiger partial charge in [0.25, 0.3) is 5.56 Å².